The normalized spacial score (nSPS) is 12.7. The maximum Gasteiger partial charge on any atom is 0.220 e. The molecule has 0 saturated heterocycles. The first-order chi connectivity index (χ1) is 9.38. The van der Waals surface area contributed by atoms with Crippen molar-refractivity contribution in [2.75, 3.05) is 27.2 Å². The standard InChI is InChI=1S/C15H28N4O/c1-12(11-19-14(3)9-13(2)17-19)10-16-15(20)7-6-8-18(4)5/h9,12H,6-8,10-11H2,1-5H3,(H,16,20). The van der Waals surface area contributed by atoms with Gasteiger partial charge in [0.15, 0.2) is 0 Å². The van der Waals surface area contributed by atoms with Crippen LogP contribution in [0.1, 0.15) is 31.2 Å². The third-order valence-corrected chi connectivity index (χ3v) is 3.24. The predicted molar refractivity (Wildman–Crippen MR) is 81.7 cm³/mol. The van der Waals surface area contributed by atoms with Crippen molar-refractivity contribution in [1.29, 1.82) is 0 Å². The van der Waals surface area contributed by atoms with Gasteiger partial charge in [0.2, 0.25) is 5.91 Å². The molecule has 0 aromatic carbocycles. The van der Waals surface area contributed by atoms with Crippen LogP contribution < -0.4 is 5.32 Å². The van der Waals surface area contributed by atoms with E-state index in [0.29, 0.717) is 18.9 Å². The average Bonchev–Trinajstić information content (AvgIpc) is 2.65. The topological polar surface area (TPSA) is 50.2 Å². The predicted octanol–water partition coefficient (Wildman–Crippen LogP) is 1.59. The van der Waals surface area contributed by atoms with Gasteiger partial charge in [-0.15, -0.1) is 0 Å². The molecule has 0 aliphatic heterocycles. The van der Waals surface area contributed by atoms with E-state index in [2.05, 4.69) is 35.2 Å². The van der Waals surface area contributed by atoms with Crippen molar-refractivity contribution >= 4 is 5.91 Å². The Morgan fingerprint density at radius 3 is 2.70 bits per heavy atom. The van der Waals surface area contributed by atoms with Crippen LogP contribution in [0.3, 0.4) is 0 Å². The van der Waals surface area contributed by atoms with Crippen LogP contribution in [0.15, 0.2) is 6.07 Å². The molecular formula is C15H28N4O. The highest BCUT2D eigenvalue weighted by molar-refractivity contribution is 5.75. The zero-order valence-corrected chi connectivity index (χ0v) is 13.4. The maximum absolute atomic E-state index is 11.7. The summed E-state index contributed by atoms with van der Waals surface area (Å²) in [4.78, 5) is 13.8. The minimum Gasteiger partial charge on any atom is -0.356 e. The summed E-state index contributed by atoms with van der Waals surface area (Å²) >= 11 is 0. The van der Waals surface area contributed by atoms with Crippen molar-refractivity contribution in [2.45, 2.75) is 40.2 Å². The van der Waals surface area contributed by atoms with Gasteiger partial charge in [0.1, 0.15) is 0 Å². The lowest BCUT2D eigenvalue weighted by Crippen LogP contribution is -2.30. The first-order valence-electron chi connectivity index (χ1n) is 7.31. The van der Waals surface area contributed by atoms with E-state index < -0.39 is 0 Å². The fraction of sp³-hybridized carbons (Fsp3) is 0.733. The summed E-state index contributed by atoms with van der Waals surface area (Å²) in [6.45, 7) is 8.70. The second kappa shape index (κ2) is 8.04. The minimum atomic E-state index is 0.145. The monoisotopic (exact) mass is 280 g/mol. The largest absolute Gasteiger partial charge is 0.356 e. The maximum atomic E-state index is 11.7. The molecule has 1 unspecified atom stereocenters. The number of nitrogens with zero attached hydrogens (tertiary/aromatic N) is 3. The summed E-state index contributed by atoms with van der Waals surface area (Å²) in [5.41, 5.74) is 2.22. The van der Waals surface area contributed by atoms with Gasteiger partial charge in [-0.25, -0.2) is 0 Å². The van der Waals surface area contributed by atoms with Gasteiger partial charge in [0, 0.05) is 25.2 Å². The molecule has 0 aliphatic rings. The Morgan fingerprint density at radius 2 is 2.15 bits per heavy atom. The van der Waals surface area contributed by atoms with Crippen LogP contribution in [-0.4, -0.2) is 47.8 Å². The van der Waals surface area contributed by atoms with Gasteiger partial charge in [-0.1, -0.05) is 6.92 Å². The Kier molecular flexibility index (Phi) is 6.71. The van der Waals surface area contributed by atoms with E-state index in [0.717, 1.165) is 25.2 Å². The Bertz CT molecular complexity index is 426. The van der Waals surface area contributed by atoms with Crippen LogP contribution in [0, 0.1) is 19.8 Å². The van der Waals surface area contributed by atoms with Gasteiger partial charge < -0.3 is 10.2 Å². The van der Waals surface area contributed by atoms with Crippen LogP contribution in [-0.2, 0) is 11.3 Å². The van der Waals surface area contributed by atoms with Crippen molar-refractivity contribution in [3.05, 3.63) is 17.5 Å². The molecule has 5 heteroatoms. The third kappa shape index (κ3) is 6.19. The average molecular weight is 280 g/mol. The molecule has 1 atom stereocenters. The first kappa shape index (κ1) is 16.7. The summed E-state index contributed by atoms with van der Waals surface area (Å²) in [6.07, 6.45) is 1.51. The number of carbonyl (C=O) groups excluding carboxylic acids is 1. The van der Waals surface area contributed by atoms with Gasteiger partial charge in [-0.2, -0.15) is 5.10 Å². The molecule has 0 bridgehead atoms. The number of rotatable bonds is 8. The highest BCUT2D eigenvalue weighted by Gasteiger charge is 2.09. The quantitative estimate of drug-likeness (QED) is 0.787. The summed E-state index contributed by atoms with van der Waals surface area (Å²) < 4.78 is 2.01. The van der Waals surface area contributed by atoms with E-state index in [1.165, 1.54) is 5.69 Å². The van der Waals surface area contributed by atoms with E-state index in [-0.39, 0.29) is 5.91 Å². The van der Waals surface area contributed by atoms with Crippen LogP contribution in [0.25, 0.3) is 0 Å². The SMILES string of the molecule is Cc1cc(C)n(CC(C)CNC(=O)CCCN(C)C)n1. The molecule has 20 heavy (non-hydrogen) atoms. The number of aromatic nitrogens is 2. The van der Waals surface area contributed by atoms with Gasteiger partial charge in [0.25, 0.3) is 0 Å². The minimum absolute atomic E-state index is 0.145. The number of aryl methyl sites for hydroxylation is 2. The molecule has 0 fully saturated rings. The first-order valence-corrected chi connectivity index (χ1v) is 7.31. The Hall–Kier alpha value is -1.36. The molecule has 1 amide bonds. The van der Waals surface area contributed by atoms with E-state index >= 15 is 0 Å². The molecule has 0 aliphatic carbocycles. The van der Waals surface area contributed by atoms with Crippen molar-refractivity contribution in [1.82, 2.24) is 20.0 Å². The van der Waals surface area contributed by atoms with Gasteiger partial charge in [-0.3, -0.25) is 9.48 Å². The summed E-state index contributed by atoms with van der Waals surface area (Å²) in [5.74, 6) is 0.526. The third-order valence-electron chi connectivity index (χ3n) is 3.24. The lowest BCUT2D eigenvalue weighted by atomic mass is 10.1. The van der Waals surface area contributed by atoms with Crippen LogP contribution in [0.5, 0.6) is 0 Å². The van der Waals surface area contributed by atoms with Gasteiger partial charge in [0.05, 0.1) is 5.69 Å². The second-order valence-electron chi connectivity index (χ2n) is 5.93. The molecule has 0 spiro atoms. The summed E-state index contributed by atoms with van der Waals surface area (Å²) in [5, 5.41) is 7.45. The highest BCUT2D eigenvalue weighted by Crippen LogP contribution is 2.06. The second-order valence-corrected chi connectivity index (χ2v) is 5.93. The fourth-order valence-corrected chi connectivity index (χ4v) is 2.15. The zero-order chi connectivity index (χ0) is 15.1. The smallest absolute Gasteiger partial charge is 0.220 e. The lowest BCUT2D eigenvalue weighted by Gasteiger charge is -2.14. The fourth-order valence-electron chi connectivity index (χ4n) is 2.15. The van der Waals surface area contributed by atoms with Crippen molar-refractivity contribution in [2.24, 2.45) is 5.92 Å². The summed E-state index contributed by atoms with van der Waals surface area (Å²) in [6, 6.07) is 2.08. The van der Waals surface area contributed by atoms with E-state index in [4.69, 9.17) is 0 Å². The molecule has 1 N–H and O–H groups in total. The Balaban J connectivity index is 2.24. The molecule has 1 aromatic heterocycles. The number of carbonyl (C=O) groups is 1. The molecule has 5 nitrogen and oxygen atoms in total. The molecule has 0 saturated carbocycles. The highest BCUT2D eigenvalue weighted by atomic mass is 16.1. The number of nitrogens with one attached hydrogen (secondary N) is 1. The van der Waals surface area contributed by atoms with Crippen molar-refractivity contribution in [3.8, 4) is 0 Å². The van der Waals surface area contributed by atoms with Crippen molar-refractivity contribution < 1.29 is 4.79 Å². The van der Waals surface area contributed by atoms with Gasteiger partial charge in [-0.05, 0) is 52.9 Å². The molecular weight excluding hydrogens is 252 g/mol. The number of hydrogen-bond acceptors (Lipinski definition) is 3. The van der Waals surface area contributed by atoms with E-state index in [1.807, 2.05) is 25.7 Å². The molecule has 114 valence electrons. The lowest BCUT2D eigenvalue weighted by molar-refractivity contribution is -0.121. The molecule has 1 rings (SSSR count). The van der Waals surface area contributed by atoms with Gasteiger partial charge >= 0.3 is 0 Å². The van der Waals surface area contributed by atoms with Crippen molar-refractivity contribution in [3.63, 3.8) is 0 Å². The van der Waals surface area contributed by atoms with E-state index in [9.17, 15) is 4.79 Å². The number of amides is 1. The van der Waals surface area contributed by atoms with Crippen LogP contribution in [0.4, 0.5) is 0 Å². The summed E-state index contributed by atoms with van der Waals surface area (Å²) in [7, 11) is 4.04. The molecule has 1 heterocycles. The Morgan fingerprint density at radius 1 is 1.45 bits per heavy atom. The van der Waals surface area contributed by atoms with E-state index in [1.54, 1.807) is 0 Å². The Labute approximate surface area is 122 Å². The van der Waals surface area contributed by atoms with Crippen LogP contribution >= 0.6 is 0 Å². The van der Waals surface area contributed by atoms with Crippen LogP contribution in [0.2, 0.25) is 0 Å². The zero-order valence-electron chi connectivity index (χ0n) is 13.4. The molecule has 0 radical (unpaired) electrons. The molecule has 1 aromatic rings. The number of hydrogen-bond donors (Lipinski definition) is 1.